The van der Waals surface area contributed by atoms with E-state index in [9.17, 15) is 0 Å². The van der Waals surface area contributed by atoms with Gasteiger partial charge < -0.3 is 9.47 Å². The van der Waals surface area contributed by atoms with Gasteiger partial charge >= 0.3 is 0 Å². The number of ether oxygens (including phenoxy) is 2. The van der Waals surface area contributed by atoms with Crippen LogP contribution in [0.2, 0.25) is 0 Å². The second-order valence-electron chi connectivity index (χ2n) is 4.42. The van der Waals surface area contributed by atoms with Crippen LogP contribution in [-0.4, -0.2) is 50.5 Å². The quantitative estimate of drug-likeness (QED) is 0.606. The normalized spacial score (nSPS) is 24.6. The highest BCUT2D eigenvalue weighted by Crippen LogP contribution is 2.16. The van der Waals surface area contributed by atoms with Gasteiger partial charge in [-0.25, -0.2) is 0 Å². The highest BCUT2D eigenvalue weighted by molar-refractivity contribution is 4.77. The predicted octanol–water partition coefficient (Wildman–Crippen LogP) is 1.91. The van der Waals surface area contributed by atoms with Gasteiger partial charge in [0.25, 0.3) is 0 Å². The number of likely N-dealkylation sites (tertiary alicyclic amines) is 1. The molecule has 0 spiro atoms. The van der Waals surface area contributed by atoms with E-state index >= 15 is 0 Å². The third-order valence-corrected chi connectivity index (χ3v) is 3.11. The number of rotatable bonds is 7. The van der Waals surface area contributed by atoms with Crippen LogP contribution in [0.5, 0.6) is 0 Å². The van der Waals surface area contributed by atoms with Gasteiger partial charge in [0.15, 0.2) is 0 Å². The van der Waals surface area contributed by atoms with Crippen molar-refractivity contribution in [1.82, 2.24) is 4.90 Å². The summed E-state index contributed by atoms with van der Waals surface area (Å²) in [6.45, 7) is 8.23. The number of methoxy groups -OCH3 is 1. The van der Waals surface area contributed by atoms with Crippen LogP contribution < -0.4 is 0 Å². The lowest BCUT2D eigenvalue weighted by atomic mass is 10.2. The number of hydrogen-bond donors (Lipinski definition) is 0. The molecule has 1 saturated heterocycles. The van der Waals surface area contributed by atoms with E-state index in [0.717, 1.165) is 26.2 Å². The second kappa shape index (κ2) is 7.20. The lowest BCUT2D eigenvalue weighted by Gasteiger charge is -2.26. The third kappa shape index (κ3) is 4.49. The second-order valence-corrected chi connectivity index (χ2v) is 4.42. The van der Waals surface area contributed by atoms with Gasteiger partial charge in [-0.2, -0.15) is 0 Å². The van der Waals surface area contributed by atoms with Gasteiger partial charge in [0.05, 0.1) is 12.7 Å². The minimum atomic E-state index is 0.233. The van der Waals surface area contributed by atoms with Crippen LogP contribution in [0.25, 0.3) is 0 Å². The Kier molecular flexibility index (Phi) is 6.22. The van der Waals surface area contributed by atoms with E-state index in [1.807, 2.05) is 0 Å². The van der Waals surface area contributed by atoms with Crippen LogP contribution in [0.15, 0.2) is 0 Å². The Morgan fingerprint density at radius 3 is 2.80 bits per heavy atom. The van der Waals surface area contributed by atoms with Crippen molar-refractivity contribution in [3.8, 4) is 0 Å². The lowest BCUT2D eigenvalue weighted by molar-refractivity contribution is -0.0105. The molecular formula is C12H25NO2. The minimum absolute atomic E-state index is 0.233. The van der Waals surface area contributed by atoms with Crippen molar-refractivity contribution in [2.75, 3.05) is 33.4 Å². The maximum absolute atomic E-state index is 5.53. The van der Waals surface area contributed by atoms with Crippen LogP contribution in [-0.2, 0) is 9.47 Å². The molecule has 2 atom stereocenters. The Morgan fingerprint density at radius 1 is 1.47 bits per heavy atom. The van der Waals surface area contributed by atoms with Crippen molar-refractivity contribution >= 4 is 0 Å². The maximum atomic E-state index is 5.53. The van der Waals surface area contributed by atoms with E-state index < -0.39 is 0 Å². The topological polar surface area (TPSA) is 21.7 Å². The number of nitrogens with zero attached hydrogens (tertiary/aromatic N) is 1. The maximum Gasteiger partial charge on any atom is 0.0931 e. The van der Waals surface area contributed by atoms with Crippen molar-refractivity contribution in [1.29, 1.82) is 0 Å². The molecule has 0 amide bonds. The molecule has 15 heavy (non-hydrogen) atoms. The fourth-order valence-electron chi connectivity index (χ4n) is 2.08. The SMILES string of the molecule is CCCOCC(CN1CCC[C@H]1C)OC. The Balaban J connectivity index is 2.20. The van der Waals surface area contributed by atoms with Gasteiger partial charge in [0.2, 0.25) is 0 Å². The molecule has 0 bridgehead atoms. The molecule has 1 heterocycles. The molecule has 0 aliphatic carbocycles. The van der Waals surface area contributed by atoms with E-state index in [1.165, 1.54) is 19.4 Å². The van der Waals surface area contributed by atoms with Crippen LogP contribution >= 0.6 is 0 Å². The molecule has 1 unspecified atom stereocenters. The van der Waals surface area contributed by atoms with Gasteiger partial charge in [-0.05, 0) is 32.7 Å². The first-order valence-corrected chi connectivity index (χ1v) is 6.12. The molecule has 90 valence electrons. The summed E-state index contributed by atoms with van der Waals surface area (Å²) in [4.78, 5) is 2.50. The van der Waals surface area contributed by atoms with E-state index in [-0.39, 0.29) is 6.10 Å². The summed E-state index contributed by atoms with van der Waals surface area (Å²) in [5, 5.41) is 0. The van der Waals surface area contributed by atoms with E-state index in [2.05, 4.69) is 18.7 Å². The van der Waals surface area contributed by atoms with Crippen molar-refractivity contribution < 1.29 is 9.47 Å². The Bertz CT molecular complexity index is 164. The highest BCUT2D eigenvalue weighted by Gasteiger charge is 2.23. The van der Waals surface area contributed by atoms with Crippen LogP contribution in [0.4, 0.5) is 0 Å². The molecule has 3 nitrogen and oxygen atoms in total. The highest BCUT2D eigenvalue weighted by atomic mass is 16.5. The molecule has 0 aromatic carbocycles. The van der Waals surface area contributed by atoms with Gasteiger partial charge in [0, 0.05) is 26.3 Å². The first-order valence-electron chi connectivity index (χ1n) is 6.12. The van der Waals surface area contributed by atoms with Gasteiger partial charge in [-0.15, -0.1) is 0 Å². The van der Waals surface area contributed by atoms with Crippen molar-refractivity contribution in [2.24, 2.45) is 0 Å². The first kappa shape index (κ1) is 12.9. The van der Waals surface area contributed by atoms with Crippen LogP contribution in [0.1, 0.15) is 33.1 Å². The van der Waals surface area contributed by atoms with Gasteiger partial charge in [-0.1, -0.05) is 6.92 Å². The molecule has 0 aromatic rings. The average Bonchev–Trinajstić information content (AvgIpc) is 2.63. The summed E-state index contributed by atoms with van der Waals surface area (Å²) in [7, 11) is 1.78. The molecule has 1 aliphatic heterocycles. The summed E-state index contributed by atoms with van der Waals surface area (Å²) >= 11 is 0. The molecule has 1 aliphatic rings. The molecule has 3 heteroatoms. The Morgan fingerprint density at radius 2 is 2.27 bits per heavy atom. The molecule has 0 saturated carbocycles. The summed E-state index contributed by atoms with van der Waals surface area (Å²) in [5.74, 6) is 0. The zero-order valence-electron chi connectivity index (χ0n) is 10.4. The third-order valence-electron chi connectivity index (χ3n) is 3.11. The Hall–Kier alpha value is -0.120. The van der Waals surface area contributed by atoms with Crippen molar-refractivity contribution in [3.05, 3.63) is 0 Å². The fraction of sp³-hybridized carbons (Fsp3) is 1.00. The molecule has 0 aromatic heterocycles. The minimum Gasteiger partial charge on any atom is -0.379 e. The van der Waals surface area contributed by atoms with E-state index in [0.29, 0.717) is 6.04 Å². The predicted molar refractivity (Wildman–Crippen MR) is 62.2 cm³/mol. The van der Waals surface area contributed by atoms with Crippen molar-refractivity contribution in [3.63, 3.8) is 0 Å². The summed E-state index contributed by atoms with van der Waals surface area (Å²) in [6, 6.07) is 0.717. The average molecular weight is 215 g/mol. The van der Waals surface area contributed by atoms with Gasteiger partial charge in [-0.3, -0.25) is 4.90 Å². The smallest absolute Gasteiger partial charge is 0.0931 e. The largest absolute Gasteiger partial charge is 0.379 e. The number of hydrogen-bond acceptors (Lipinski definition) is 3. The summed E-state index contributed by atoms with van der Waals surface area (Å²) < 4.78 is 11.0. The fourth-order valence-corrected chi connectivity index (χ4v) is 2.08. The standard InChI is InChI=1S/C12H25NO2/c1-4-8-15-10-12(14-3)9-13-7-5-6-11(13)2/h11-12H,4-10H2,1-3H3/t11-,12?/m1/s1. The molecule has 1 fully saturated rings. The molecule has 0 N–H and O–H groups in total. The molecule has 1 rings (SSSR count). The van der Waals surface area contributed by atoms with Crippen LogP contribution in [0.3, 0.4) is 0 Å². The van der Waals surface area contributed by atoms with E-state index in [1.54, 1.807) is 7.11 Å². The summed E-state index contributed by atoms with van der Waals surface area (Å²) in [5.41, 5.74) is 0. The van der Waals surface area contributed by atoms with Crippen LogP contribution in [0, 0.1) is 0 Å². The summed E-state index contributed by atoms with van der Waals surface area (Å²) in [6.07, 6.45) is 3.97. The monoisotopic (exact) mass is 215 g/mol. The first-order chi connectivity index (χ1) is 7.27. The lowest BCUT2D eigenvalue weighted by Crippen LogP contribution is -2.37. The van der Waals surface area contributed by atoms with Gasteiger partial charge in [0.1, 0.15) is 0 Å². The molecular weight excluding hydrogens is 190 g/mol. The zero-order chi connectivity index (χ0) is 11.1. The zero-order valence-corrected chi connectivity index (χ0v) is 10.4. The Labute approximate surface area is 93.7 Å². The van der Waals surface area contributed by atoms with Crippen molar-refractivity contribution in [2.45, 2.75) is 45.3 Å². The van der Waals surface area contributed by atoms with E-state index in [4.69, 9.17) is 9.47 Å². The molecule has 0 radical (unpaired) electrons.